The molecule has 2 aromatic carbocycles. The molecule has 7 nitrogen and oxygen atoms in total. The Morgan fingerprint density at radius 2 is 1.43 bits per heavy atom. The van der Waals surface area contributed by atoms with E-state index in [9.17, 15) is 44.6 Å². The van der Waals surface area contributed by atoms with E-state index in [1.54, 1.807) is 0 Å². The highest BCUT2D eigenvalue weighted by molar-refractivity contribution is 5.41. The molecule has 44 heavy (non-hydrogen) atoms. The van der Waals surface area contributed by atoms with Crippen LogP contribution in [-0.2, 0) is 49.5 Å². The van der Waals surface area contributed by atoms with Gasteiger partial charge in [-0.25, -0.2) is 0 Å². The molecular weight excluding hydrogens is 609 g/mol. The van der Waals surface area contributed by atoms with Gasteiger partial charge >= 0.3 is 18.5 Å². The predicted molar refractivity (Wildman–Crippen MR) is 139 cm³/mol. The van der Waals surface area contributed by atoms with Gasteiger partial charge in [0, 0.05) is 19.7 Å². The van der Waals surface area contributed by atoms with Crippen LogP contribution in [0.4, 0.5) is 45.5 Å². The predicted octanol–water partition coefficient (Wildman–Crippen LogP) is 7.03. The zero-order valence-corrected chi connectivity index (χ0v) is 23.3. The van der Waals surface area contributed by atoms with Crippen LogP contribution in [0.15, 0.2) is 36.4 Å². The topological polar surface area (TPSA) is 76.3 Å². The van der Waals surface area contributed by atoms with Crippen molar-refractivity contribution < 1.29 is 49.4 Å². The number of alkyl halides is 9. The van der Waals surface area contributed by atoms with Crippen LogP contribution in [0.2, 0.25) is 0 Å². The molecule has 0 saturated heterocycles. The quantitative estimate of drug-likeness (QED) is 0.227. The third-order valence-corrected chi connectivity index (χ3v) is 7.28. The molecule has 1 N–H and O–H groups in total. The van der Waals surface area contributed by atoms with Gasteiger partial charge in [-0.3, -0.25) is 0 Å². The van der Waals surface area contributed by atoms with Crippen LogP contribution in [0.5, 0.6) is 0 Å². The lowest BCUT2D eigenvalue weighted by molar-refractivity contribution is -0.143. The zero-order valence-electron chi connectivity index (χ0n) is 23.3. The number of aromatic nitrogens is 4. The molecule has 16 heteroatoms. The van der Waals surface area contributed by atoms with Gasteiger partial charge in [-0.2, -0.15) is 44.3 Å². The molecule has 1 aliphatic rings. The number of ether oxygens (including phenoxy) is 1. The standard InChI is InChI=1S/C28H30F9N5O2/c29-26(30,31)22-7-6-20(17-44-16-18-4-2-1-3-5-18)21(12-22)15-41(25-38-40-42(39-25)8-9-43)14-19-10-23(27(32,33)34)13-24(11-19)28(35,36)37/h6-7,10-13,18,43H,1-5,8-9,14-17H2. The third-order valence-electron chi connectivity index (χ3n) is 7.28. The molecule has 0 aliphatic heterocycles. The number of hydrogen-bond donors (Lipinski definition) is 1. The third kappa shape index (κ3) is 9.06. The van der Waals surface area contributed by atoms with Gasteiger partial charge in [-0.1, -0.05) is 30.4 Å². The van der Waals surface area contributed by atoms with Gasteiger partial charge in [0.15, 0.2) is 0 Å². The maximum absolute atomic E-state index is 13.7. The van der Waals surface area contributed by atoms with E-state index in [-0.39, 0.29) is 30.7 Å². The SMILES string of the molecule is OCCn1nnc(N(Cc2cc(C(F)(F)F)cc(C(F)(F)F)c2)Cc2cc(C(F)(F)F)ccc2COCC2CCCCC2)n1. The van der Waals surface area contributed by atoms with Crippen LogP contribution < -0.4 is 4.90 Å². The van der Waals surface area contributed by atoms with Crippen molar-refractivity contribution in [2.24, 2.45) is 5.92 Å². The van der Waals surface area contributed by atoms with Gasteiger partial charge in [-0.15, -0.1) is 5.10 Å². The second-order valence-corrected chi connectivity index (χ2v) is 10.7. The summed E-state index contributed by atoms with van der Waals surface area (Å²) in [6.07, 6.45) is -9.75. The van der Waals surface area contributed by atoms with E-state index in [0.717, 1.165) is 53.9 Å². The lowest BCUT2D eigenvalue weighted by atomic mass is 9.90. The number of aliphatic hydroxyl groups is 1. The Bertz CT molecular complexity index is 1350. The Hall–Kier alpha value is -3.40. The van der Waals surface area contributed by atoms with Gasteiger partial charge < -0.3 is 14.7 Å². The van der Waals surface area contributed by atoms with Crippen molar-refractivity contribution in [3.63, 3.8) is 0 Å². The van der Waals surface area contributed by atoms with Crippen molar-refractivity contribution in [2.45, 2.75) is 76.9 Å². The first-order valence-corrected chi connectivity index (χ1v) is 13.8. The Labute approximate surface area is 246 Å². The number of aliphatic hydroxyl groups excluding tert-OH is 1. The average molecular weight is 640 g/mol. The molecule has 1 aliphatic carbocycles. The van der Waals surface area contributed by atoms with Crippen LogP contribution in [0.25, 0.3) is 0 Å². The van der Waals surface area contributed by atoms with Gasteiger partial charge in [0.1, 0.15) is 0 Å². The molecule has 1 aromatic heterocycles. The lowest BCUT2D eigenvalue weighted by Crippen LogP contribution is -2.26. The van der Waals surface area contributed by atoms with Gasteiger partial charge in [0.05, 0.1) is 36.4 Å². The van der Waals surface area contributed by atoms with Crippen LogP contribution in [-0.4, -0.2) is 38.5 Å². The van der Waals surface area contributed by atoms with E-state index in [1.165, 1.54) is 6.07 Å². The average Bonchev–Trinajstić information content (AvgIpc) is 3.41. The highest BCUT2D eigenvalue weighted by Gasteiger charge is 2.37. The lowest BCUT2D eigenvalue weighted by Gasteiger charge is -2.25. The number of halogens is 9. The van der Waals surface area contributed by atoms with Crippen molar-refractivity contribution >= 4 is 5.95 Å². The molecule has 1 fully saturated rings. The van der Waals surface area contributed by atoms with Crippen molar-refractivity contribution in [3.8, 4) is 0 Å². The number of hydrogen-bond acceptors (Lipinski definition) is 6. The molecule has 3 aromatic rings. The van der Waals surface area contributed by atoms with E-state index >= 15 is 0 Å². The van der Waals surface area contributed by atoms with E-state index < -0.39 is 60.5 Å². The van der Waals surface area contributed by atoms with Crippen molar-refractivity contribution in [1.29, 1.82) is 0 Å². The Balaban J connectivity index is 1.71. The summed E-state index contributed by atoms with van der Waals surface area (Å²) in [7, 11) is 0. The van der Waals surface area contributed by atoms with E-state index in [1.807, 2.05) is 0 Å². The van der Waals surface area contributed by atoms with Gasteiger partial charge in [0.25, 0.3) is 5.95 Å². The summed E-state index contributed by atoms with van der Waals surface area (Å²) in [6, 6.07) is 4.02. The Kier molecular flexibility index (Phi) is 10.4. The summed E-state index contributed by atoms with van der Waals surface area (Å²) in [5.74, 6) is 0.0311. The maximum atomic E-state index is 13.7. The maximum Gasteiger partial charge on any atom is 0.416 e. The van der Waals surface area contributed by atoms with Crippen LogP contribution >= 0.6 is 0 Å². The monoisotopic (exact) mass is 639 g/mol. The van der Waals surface area contributed by atoms with E-state index in [2.05, 4.69) is 15.4 Å². The molecule has 4 rings (SSSR count). The summed E-state index contributed by atoms with van der Waals surface area (Å²) < 4.78 is 128. The van der Waals surface area contributed by atoms with Gasteiger partial charge in [0.2, 0.25) is 0 Å². The van der Waals surface area contributed by atoms with Crippen LogP contribution in [0.1, 0.15) is 65.5 Å². The van der Waals surface area contributed by atoms with E-state index in [4.69, 9.17) is 4.74 Å². The first-order chi connectivity index (χ1) is 20.6. The number of rotatable bonds is 11. The summed E-state index contributed by atoms with van der Waals surface area (Å²) in [5, 5.41) is 20.7. The van der Waals surface area contributed by atoms with Crippen LogP contribution in [0, 0.1) is 5.92 Å². The molecular formula is C28H30F9N5O2. The molecule has 0 radical (unpaired) electrons. The van der Waals surface area contributed by atoms with Gasteiger partial charge in [-0.05, 0) is 71.0 Å². The molecule has 0 unspecified atom stereocenters. The summed E-state index contributed by atoms with van der Waals surface area (Å²) in [5.41, 5.74) is -4.12. The molecule has 0 spiro atoms. The van der Waals surface area contributed by atoms with E-state index in [0.29, 0.717) is 30.2 Å². The number of anilines is 1. The molecule has 0 amide bonds. The smallest absolute Gasteiger partial charge is 0.394 e. The largest absolute Gasteiger partial charge is 0.416 e. The second kappa shape index (κ2) is 13.7. The molecule has 242 valence electrons. The number of benzene rings is 2. The Morgan fingerprint density at radius 1 is 0.795 bits per heavy atom. The summed E-state index contributed by atoms with van der Waals surface area (Å²) >= 11 is 0. The second-order valence-electron chi connectivity index (χ2n) is 10.7. The summed E-state index contributed by atoms with van der Waals surface area (Å²) in [6.45, 7) is -1.29. The van der Waals surface area contributed by atoms with Crippen molar-refractivity contribution in [3.05, 3.63) is 69.8 Å². The molecule has 0 atom stereocenters. The Morgan fingerprint density at radius 3 is 2.02 bits per heavy atom. The minimum atomic E-state index is -5.10. The fourth-order valence-corrected chi connectivity index (χ4v) is 5.06. The first kappa shape index (κ1) is 33.5. The highest BCUT2D eigenvalue weighted by atomic mass is 19.4. The molecule has 1 heterocycles. The zero-order chi connectivity index (χ0) is 32.1. The molecule has 1 saturated carbocycles. The highest BCUT2D eigenvalue weighted by Crippen LogP contribution is 2.37. The summed E-state index contributed by atoms with van der Waals surface area (Å²) in [4.78, 5) is 2.06. The number of nitrogens with zero attached hydrogens (tertiary/aromatic N) is 5. The number of tetrazole rings is 1. The minimum Gasteiger partial charge on any atom is -0.394 e. The first-order valence-electron chi connectivity index (χ1n) is 13.8. The van der Waals surface area contributed by atoms with Crippen molar-refractivity contribution in [1.82, 2.24) is 20.2 Å². The van der Waals surface area contributed by atoms with Crippen molar-refractivity contribution in [2.75, 3.05) is 18.1 Å². The van der Waals surface area contributed by atoms with Crippen LogP contribution in [0.3, 0.4) is 0 Å². The molecule has 0 bridgehead atoms. The normalized spacial score (nSPS) is 15.1. The minimum absolute atomic E-state index is 0.0157. The fraction of sp³-hybridized carbons (Fsp3) is 0.536. The fourth-order valence-electron chi connectivity index (χ4n) is 5.06.